The summed E-state index contributed by atoms with van der Waals surface area (Å²) in [5, 5.41) is 21.5. The van der Waals surface area contributed by atoms with Gasteiger partial charge >= 0.3 is 11.9 Å². The lowest BCUT2D eigenvalue weighted by molar-refractivity contribution is -0.165. The number of hydrazone groups is 1. The van der Waals surface area contributed by atoms with E-state index in [0.29, 0.717) is 11.3 Å². The normalized spacial score (nSPS) is 15.9. The van der Waals surface area contributed by atoms with Crippen molar-refractivity contribution in [2.24, 2.45) is 10.5 Å². The maximum absolute atomic E-state index is 11.6. The molecule has 0 spiro atoms. The molecule has 0 unspecified atom stereocenters. The van der Waals surface area contributed by atoms with Crippen molar-refractivity contribution in [1.29, 1.82) is 0 Å². The van der Waals surface area contributed by atoms with Crippen LogP contribution in [0, 0.1) is 5.41 Å². The number of nitrogens with zero attached hydrogens (tertiary/aromatic N) is 2. The fourth-order valence-corrected chi connectivity index (χ4v) is 1.82. The van der Waals surface area contributed by atoms with Crippen LogP contribution in [0.15, 0.2) is 29.6 Å². The van der Waals surface area contributed by atoms with E-state index >= 15 is 0 Å². The summed E-state index contributed by atoms with van der Waals surface area (Å²) in [4.78, 5) is 37.2. The number of aromatic nitrogens is 1. The Bertz CT molecular complexity index is 572. The number of pyridine rings is 1. The first kappa shape index (κ1) is 13.7. The van der Waals surface area contributed by atoms with Crippen molar-refractivity contribution >= 4 is 23.6 Å². The lowest BCUT2D eigenvalue weighted by atomic mass is 9.67. The van der Waals surface area contributed by atoms with Gasteiger partial charge in [-0.05, 0) is 12.1 Å². The van der Waals surface area contributed by atoms with Crippen molar-refractivity contribution < 1.29 is 24.6 Å². The van der Waals surface area contributed by atoms with Crippen molar-refractivity contribution in [1.82, 2.24) is 10.4 Å². The van der Waals surface area contributed by atoms with Crippen molar-refractivity contribution in [3.63, 3.8) is 0 Å². The third kappa shape index (κ3) is 2.35. The number of carbonyl (C=O) groups excluding carboxylic acids is 1. The van der Waals surface area contributed by atoms with E-state index in [1.54, 1.807) is 0 Å². The fraction of sp³-hybridized carbons (Fsp3) is 0.250. The van der Waals surface area contributed by atoms with Gasteiger partial charge in [0.2, 0.25) is 0 Å². The molecular weight excluding hydrogens is 266 g/mol. The summed E-state index contributed by atoms with van der Waals surface area (Å²) in [6.45, 7) is 0. The molecule has 8 nitrogen and oxygen atoms in total. The minimum atomic E-state index is -1.82. The Morgan fingerprint density at radius 1 is 1.15 bits per heavy atom. The van der Waals surface area contributed by atoms with Crippen LogP contribution in [0.3, 0.4) is 0 Å². The van der Waals surface area contributed by atoms with E-state index in [4.69, 9.17) is 10.2 Å². The second-order valence-electron chi connectivity index (χ2n) is 4.40. The molecule has 0 radical (unpaired) electrons. The van der Waals surface area contributed by atoms with E-state index in [0.717, 1.165) is 0 Å². The van der Waals surface area contributed by atoms with Gasteiger partial charge in [-0.15, -0.1) is 0 Å². The topological polar surface area (TPSA) is 129 Å². The molecule has 2 rings (SSSR count). The summed E-state index contributed by atoms with van der Waals surface area (Å²) < 4.78 is 0. The molecule has 1 aromatic heterocycles. The fourth-order valence-electron chi connectivity index (χ4n) is 1.82. The number of nitrogens with one attached hydrogen (secondary N) is 1. The SMILES string of the molecule is O=C(NN=C1CC(C(=O)O)(C(=O)O)C1)c1ccncc1. The number of carbonyl (C=O) groups is 3. The molecule has 3 N–H and O–H groups in total. The molecular formula is C12H11N3O5. The van der Waals surface area contributed by atoms with E-state index in [9.17, 15) is 14.4 Å². The van der Waals surface area contributed by atoms with Crippen LogP contribution in [0.1, 0.15) is 23.2 Å². The average molecular weight is 277 g/mol. The molecule has 20 heavy (non-hydrogen) atoms. The van der Waals surface area contributed by atoms with Gasteiger partial charge in [0.25, 0.3) is 5.91 Å². The highest BCUT2D eigenvalue weighted by Crippen LogP contribution is 2.39. The van der Waals surface area contributed by atoms with Crippen LogP contribution < -0.4 is 5.43 Å². The highest BCUT2D eigenvalue weighted by Gasteiger charge is 2.55. The molecule has 1 aliphatic rings. The molecule has 1 saturated carbocycles. The summed E-state index contributed by atoms with van der Waals surface area (Å²) in [6, 6.07) is 2.99. The van der Waals surface area contributed by atoms with Crippen LogP contribution in [0.4, 0.5) is 0 Å². The summed E-state index contributed by atoms with van der Waals surface area (Å²) >= 11 is 0. The Balaban J connectivity index is 1.98. The highest BCUT2D eigenvalue weighted by atomic mass is 16.4. The number of carboxylic acids is 2. The lowest BCUT2D eigenvalue weighted by Crippen LogP contribution is -2.51. The van der Waals surface area contributed by atoms with Crippen molar-refractivity contribution in [2.75, 3.05) is 0 Å². The molecule has 8 heteroatoms. The molecule has 1 amide bonds. The minimum absolute atomic E-state index is 0.214. The highest BCUT2D eigenvalue weighted by molar-refractivity contribution is 6.13. The van der Waals surface area contributed by atoms with Gasteiger partial charge in [0, 0.05) is 36.5 Å². The minimum Gasteiger partial charge on any atom is -0.480 e. The Morgan fingerprint density at radius 3 is 2.20 bits per heavy atom. The zero-order valence-electron chi connectivity index (χ0n) is 10.2. The Kier molecular flexibility index (Phi) is 3.47. The van der Waals surface area contributed by atoms with Crippen molar-refractivity contribution in [3.8, 4) is 0 Å². The molecule has 0 saturated heterocycles. The predicted octanol–water partition coefficient (Wildman–Crippen LogP) is 0.117. The first-order chi connectivity index (χ1) is 9.45. The Hall–Kier alpha value is -2.77. The summed E-state index contributed by atoms with van der Waals surface area (Å²) in [5.74, 6) is -3.27. The molecule has 0 bridgehead atoms. The number of hydrogen-bond acceptors (Lipinski definition) is 5. The summed E-state index contributed by atoms with van der Waals surface area (Å²) in [5.41, 5.74) is 1.12. The van der Waals surface area contributed by atoms with Crippen LogP contribution in [-0.4, -0.2) is 38.8 Å². The van der Waals surface area contributed by atoms with Gasteiger partial charge in [0.1, 0.15) is 0 Å². The number of rotatable bonds is 4. The second kappa shape index (κ2) is 5.08. The zero-order chi connectivity index (χ0) is 14.8. The quantitative estimate of drug-likeness (QED) is 0.529. The van der Waals surface area contributed by atoms with Crippen molar-refractivity contribution in [3.05, 3.63) is 30.1 Å². The van der Waals surface area contributed by atoms with E-state index in [-0.39, 0.29) is 12.8 Å². The van der Waals surface area contributed by atoms with Gasteiger partial charge in [-0.3, -0.25) is 19.4 Å². The molecule has 0 aromatic carbocycles. The standard InChI is InChI=1S/C12H11N3O5/c16-9(7-1-3-13-4-2-7)15-14-8-5-12(6-8,10(17)18)11(19)20/h1-4H,5-6H2,(H,15,16)(H,17,18)(H,19,20). The van der Waals surface area contributed by atoms with Crippen molar-refractivity contribution in [2.45, 2.75) is 12.8 Å². The van der Waals surface area contributed by atoms with Crippen LogP contribution in [0.2, 0.25) is 0 Å². The predicted molar refractivity (Wildman–Crippen MR) is 66.1 cm³/mol. The maximum Gasteiger partial charge on any atom is 0.321 e. The number of carboxylic acid groups (broad SMARTS) is 2. The van der Waals surface area contributed by atoms with Crippen LogP contribution in [0.5, 0.6) is 0 Å². The molecule has 1 aromatic rings. The van der Waals surface area contributed by atoms with Crippen LogP contribution in [-0.2, 0) is 9.59 Å². The molecule has 1 aliphatic carbocycles. The molecule has 1 fully saturated rings. The zero-order valence-corrected chi connectivity index (χ0v) is 10.2. The maximum atomic E-state index is 11.6. The molecule has 0 aliphatic heterocycles. The molecule has 104 valence electrons. The largest absolute Gasteiger partial charge is 0.480 e. The Labute approximate surface area is 113 Å². The monoisotopic (exact) mass is 277 g/mol. The van der Waals surface area contributed by atoms with Gasteiger partial charge in [-0.25, -0.2) is 5.43 Å². The number of aliphatic carboxylic acids is 2. The third-order valence-corrected chi connectivity index (χ3v) is 3.09. The van der Waals surface area contributed by atoms with Gasteiger partial charge in [0.15, 0.2) is 5.41 Å². The van der Waals surface area contributed by atoms with E-state index in [1.807, 2.05) is 0 Å². The number of amides is 1. The van der Waals surface area contributed by atoms with Crippen LogP contribution in [0.25, 0.3) is 0 Å². The third-order valence-electron chi connectivity index (χ3n) is 3.09. The first-order valence-corrected chi connectivity index (χ1v) is 5.68. The van der Waals surface area contributed by atoms with E-state index in [1.165, 1.54) is 24.5 Å². The van der Waals surface area contributed by atoms with Gasteiger partial charge in [-0.1, -0.05) is 0 Å². The second-order valence-corrected chi connectivity index (χ2v) is 4.40. The van der Waals surface area contributed by atoms with Crippen LogP contribution >= 0.6 is 0 Å². The summed E-state index contributed by atoms with van der Waals surface area (Å²) in [7, 11) is 0. The lowest BCUT2D eigenvalue weighted by Gasteiger charge is -2.34. The molecule has 0 atom stereocenters. The van der Waals surface area contributed by atoms with E-state index in [2.05, 4.69) is 15.5 Å². The number of hydrogen-bond donors (Lipinski definition) is 3. The van der Waals surface area contributed by atoms with Gasteiger partial charge in [0.05, 0.1) is 0 Å². The summed E-state index contributed by atoms with van der Waals surface area (Å²) in [6.07, 6.45) is 2.47. The van der Waals surface area contributed by atoms with Gasteiger partial charge in [-0.2, -0.15) is 5.10 Å². The molecule has 1 heterocycles. The van der Waals surface area contributed by atoms with E-state index < -0.39 is 23.3 Å². The Morgan fingerprint density at radius 2 is 1.70 bits per heavy atom. The first-order valence-electron chi connectivity index (χ1n) is 5.68. The smallest absolute Gasteiger partial charge is 0.321 e. The average Bonchev–Trinajstić information content (AvgIpc) is 2.37. The van der Waals surface area contributed by atoms with Gasteiger partial charge < -0.3 is 10.2 Å².